The minimum absolute atomic E-state index is 0.637. The Kier molecular flexibility index (Phi) is 3.82. The molecule has 2 aromatic rings. The van der Waals surface area contributed by atoms with Gasteiger partial charge in [0.25, 0.3) is 0 Å². The largest absolute Gasteiger partial charge is 0.315 e. The summed E-state index contributed by atoms with van der Waals surface area (Å²) in [6, 6.07) is 5.45. The molecule has 0 amide bonds. The normalized spacial score (nSPS) is 10.7. The molecule has 0 aliphatic carbocycles. The number of hydrogen-bond acceptors (Lipinski definition) is 3. The molecular formula is C11H10Cl2N2S. The number of thiazole rings is 1. The van der Waals surface area contributed by atoms with Gasteiger partial charge in [0.05, 0.1) is 5.02 Å². The van der Waals surface area contributed by atoms with Gasteiger partial charge >= 0.3 is 0 Å². The maximum Gasteiger partial charge on any atom is 0.125 e. The van der Waals surface area contributed by atoms with Crippen LogP contribution in [0.25, 0.3) is 10.6 Å². The Bertz CT molecular complexity index is 496. The molecule has 1 heterocycles. The maximum atomic E-state index is 6.12. The highest BCUT2D eigenvalue weighted by Crippen LogP contribution is 2.32. The minimum atomic E-state index is 0.637. The van der Waals surface area contributed by atoms with Crippen LogP contribution in [0, 0.1) is 0 Å². The third-order valence-corrected chi connectivity index (χ3v) is 3.64. The van der Waals surface area contributed by atoms with Gasteiger partial charge in [0.15, 0.2) is 0 Å². The molecule has 1 aromatic heterocycles. The molecule has 84 valence electrons. The number of rotatable bonds is 3. The predicted molar refractivity (Wildman–Crippen MR) is 70.3 cm³/mol. The summed E-state index contributed by atoms with van der Waals surface area (Å²) < 4.78 is 0. The quantitative estimate of drug-likeness (QED) is 0.919. The monoisotopic (exact) mass is 272 g/mol. The first-order valence-electron chi connectivity index (χ1n) is 4.75. The zero-order chi connectivity index (χ0) is 11.5. The van der Waals surface area contributed by atoms with E-state index >= 15 is 0 Å². The summed E-state index contributed by atoms with van der Waals surface area (Å²) in [6.45, 7) is 0.822. The van der Waals surface area contributed by atoms with Gasteiger partial charge in [-0.1, -0.05) is 23.2 Å². The molecule has 5 heteroatoms. The maximum absolute atomic E-state index is 6.12. The van der Waals surface area contributed by atoms with E-state index < -0.39 is 0 Å². The highest BCUT2D eigenvalue weighted by Gasteiger charge is 2.08. The van der Waals surface area contributed by atoms with E-state index in [0.717, 1.165) is 17.1 Å². The molecule has 1 aromatic carbocycles. The lowest BCUT2D eigenvalue weighted by Crippen LogP contribution is -2.02. The van der Waals surface area contributed by atoms with E-state index in [9.17, 15) is 0 Å². The fourth-order valence-electron chi connectivity index (χ4n) is 1.35. The second-order valence-electron chi connectivity index (χ2n) is 3.29. The molecule has 16 heavy (non-hydrogen) atoms. The molecule has 0 unspecified atom stereocenters. The second kappa shape index (κ2) is 5.15. The fourth-order valence-corrected chi connectivity index (χ4v) is 2.87. The molecule has 0 radical (unpaired) electrons. The summed E-state index contributed by atoms with van der Waals surface area (Å²) in [5.41, 5.74) is 0.929. The summed E-state index contributed by atoms with van der Waals surface area (Å²) in [5.74, 6) is 0. The zero-order valence-corrected chi connectivity index (χ0v) is 11.0. The number of nitrogens with zero attached hydrogens (tertiary/aromatic N) is 1. The van der Waals surface area contributed by atoms with Gasteiger partial charge in [-0.2, -0.15) is 0 Å². The van der Waals surface area contributed by atoms with Crippen molar-refractivity contribution in [2.24, 2.45) is 0 Å². The first-order chi connectivity index (χ1) is 7.70. The SMILES string of the molecule is CNCc1cnc(-c2ccc(Cl)cc2Cl)s1. The van der Waals surface area contributed by atoms with E-state index in [2.05, 4.69) is 10.3 Å². The van der Waals surface area contributed by atoms with E-state index in [1.807, 2.05) is 25.4 Å². The highest BCUT2D eigenvalue weighted by atomic mass is 35.5. The first kappa shape index (κ1) is 11.9. The molecular weight excluding hydrogens is 263 g/mol. The van der Waals surface area contributed by atoms with Gasteiger partial charge in [0.2, 0.25) is 0 Å². The molecule has 0 atom stereocenters. The Balaban J connectivity index is 2.35. The predicted octanol–water partition coefficient (Wildman–Crippen LogP) is 3.84. The molecule has 2 nitrogen and oxygen atoms in total. The van der Waals surface area contributed by atoms with Crippen molar-refractivity contribution in [3.05, 3.63) is 39.3 Å². The molecule has 2 rings (SSSR count). The average Bonchev–Trinajstić information content (AvgIpc) is 2.67. The molecule has 0 fully saturated rings. The molecule has 0 aliphatic heterocycles. The Hall–Kier alpha value is -0.610. The number of hydrogen-bond donors (Lipinski definition) is 1. The summed E-state index contributed by atoms with van der Waals surface area (Å²) in [6.07, 6.45) is 1.86. The van der Waals surface area contributed by atoms with Gasteiger partial charge in [-0.3, -0.25) is 0 Å². The molecule has 0 spiro atoms. The topological polar surface area (TPSA) is 24.9 Å². The van der Waals surface area contributed by atoms with Crippen molar-refractivity contribution < 1.29 is 0 Å². The van der Waals surface area contributed by atoms with E-state index in [0.29, 0.717) is 10.0 Å². The van der Waals surface area contributed by atoms with Crippen molar-refractivity contribution in [2.45, 2.75) is 6.54 Å². The Morgan fingerprint density at radius 2 is 2.19 bits per heavy atom. The zero-order valence-electron chi connectivity index (χ0n) is 8.63. The fraction of sp³-hybridized carbons (Fsp3) is 0.182. The highest BCUT2D eigenvalue weighted by molar-refractivity contribution is 7.15. The van der Waals surface area contributed by atoms with Crippen LogP contribution < -0.4 is 5.32 Å². The Morgan fingerprint density at radius 3 is 2.88 bits per heavy atom. The van der Waals surface area contributed by atoms with Crippen molar-refractivity contribution in [2.75, 3.05) is 7.05 Å². The van der Waals surface area contributed by atoms with Crippen LogP contribution in [-0.4, -0.2) is 12.0 Å². The Morgan fingerprint density at radius 1 is 1.38 bits per heavy atom. The van der Waals surface area contributed by atoms with Gasteiger partial charge in [-0.15, -0.1) is 11.3 Å². The number of halogens is 2. The summed E-state index contributed by atoms with van der Waals surface area (Å²) in [7, 11) is 1.91. The minimum Gasteiger partial charge on any atom is -0.315 e. The molecule has 0 bridgehead atoms. The van der Waals surface area contributed by atoms with Crippen LogP contribution in [0.5, 0.6) is 0 Å². The van der Waals surface area contributed by atoms with E-state index in [1.54, 1.807) is 17.4 Å². The molecule has 0 aliphatic rings. The van der Waals surface area contributed by atoms with Crippen LogP contribution >= 0.6 is 34.5 Å². The lowest BCUT2D eigenvalue weighted by atomic mass is 10.2. The number of benzene rings is 1. The summed E-state index contributed by atoms with van der Waals surface area (Å²) >= 11 is 13.6. The summed E-state index contributed by atoms with van der Waals surface area (Å²) in [5, 5.41) is 5.29. The van der Waals surface area contributed by atoms with Crippen LogP contribution in [0.4, 0.5) is 0 Å². The van der Waals surface area contributed by atoms with Crippen LogP contribution in [0.2, 0.25) is 10.0 Å². The van der Waals surface area contributed by atoms with Crippen LogP contribution in [-0.2, 0) is 6.54 Å². The van der Waals surface area contributed by atoms with Crippen LogP contribution in [0.1, 0.15) is 4.88 Å². The molecule has 0 saturated carbocycles. The van der Waals surface area contributed by atoms with E-state index in [-0.39, 0.29) is 0 Å². The second-order valence-corrected chi connectivity index (χ2v) is 5.25. The van der Waals surface area contributed by atoms with Crippen molar-refractivity contribution in [1.82, 2.24) is 10.3 Å². The van der Waals surface area contributed by atoms with Crippen LogP contribution in [0.3, 0.4) is 0 Å². The lowest BCUT2D eigenvalue weighted by molar-refractivity contribution is 0.829. The van der Waals surface area contributed by atoms with Gasteiger partial charge in [0.1, 0.15) is 5.01 Å². The first-order valence-corrected chi connectivity index (χ1v) is 6.32. The van der Waals surface area contributed by atoms with Gasteiger partial charge in [-0.05, 0) is 25.2 Å². The van der Waals surface area contributed by atoms with Gasteiger partial charge < -0.3 is 5.32 Å². The van der Waals surface area contributed by atoms with E-state index in [4.69, 9.17) is 23.2 Å². The van der Waals surface area contributed by atoms with Crippen molar-refractivity contribution in [1.29, 1.82) is 0 Å². The average molecular weight is 273 g/mol. The standard InChI is InChI=1S/C11H10Cl2N2S/c1-14-5-8-6-15-11(16-8)9-3-2-7(12)4-10(9)13/h2-4,6,14H,5H2,1H3. The molecule has 1 N–H and O–H groups in total. The summed E-state index contributed by atoms with van der Waals surface area (Å²) in [4.78, 5) is 5.53. The van der Waals surface area contributed by atoms with Crippen LogP contribution in [0.15, 0.2) is 24.4 Å². The van der Waals surface area contributed by atoms with Gasteiger partial charge in [-0.25, -0.2) is 4.98 Å². The van der Waals surface area contributed by atoms with Crippen molar-refractivity contribution in [3.63, 3.8) is 0 Å². The van der Waals surface area contributed by atoms with Gasteiger partial charge in [0, 0.05) is 28.2 Å². The smallest absolute Gasteiger partial charge is 0.125 e. The third-order valence-electron chi connectivity index (χ3n) is 2.07. The van der Waals surface area contributed by atoms with E-state index in [1.165, 1.54) is 4.88 Å². The Labute approximate surface area is 108 Å². The van der Waals surface area contributed by atoms with Crippen molar-refractivity contribution in [3.8, 4) is 10.6 Å². The number of aromatic nitrogens is 1. The third kappa shape index (κ3) is 2.55. The number of nitrogens with one attached hydrogen (secondary N) is 1. The molecule has 0 saturated heterocycles. The van der Waals surface area contributed by atoms with Crippen molar-refractivity contribution >= 4 is 34.5 Å². The lowest BCUT2D eigenvalue weighted by Gasteiger charge is -2.00.